The molecule has 0 unspecified atom stereocenters. The zero-order chi connectivity index (χ0) is 13.1. The fraction of sp³-hybridized carbons (Fsp3) is 0.100. The Morgan fingerprint density at radius 1 is 1.29 bits per heavy atom. The zero-order valence-electron chi connectivity index (χ0n) is 8.16. The van der Waals surface area contributed by atoms with Crippen molar-refractivity contribution in [3.05, 3.63) is 35.9 Å². The molecule has 0 aromatic heterocycles. The Balaban J connectivity index is 2.85. The number of aliphatic carboxylic acids is 1. The van der Waals surface area contributed by atoms with Gasteiger partial charge in [0, 0.05) is 6.08 Å². The van der Waals surface area contributed by atoms with Crippen LogP contribution in [0, 0.1) is 0 Å². The molecule has 0 atom stereocenters. The normalized spacial score (nSPS) is 12.4. The summed E-state index contributed by atoms with van der Waals surface area (Å²) in [5.74, 6) is -1.65. The van der Waals surface area contributed by atoms with Crippen molar-refractivity contribution in [1.29, 1.82) is 0 Å². The van der Waals surface area contributed by atoms with Gasteiger partial charge in [-0.2, -0.15) is 0 Å². The van der Waals surface area contributed by atoms with Crippen LogP contribution in [0.4, 0.5) is 13.2 Å². The number of hydrogen-bond donors (Lipinski definition) is 1. The quantitative estimate of drug-likeness (QED) is 0.854. The lowest BCUT2D eigenvalue weighted by Crippen LogP contribution is -2.16. The number of halogens is 4. The minimum absolute atomic E-state index is 0.0870. The van der Waals surface area contributed by atoms with Crippen molar-refractivity contribution in [2.45, 2.75) is 6.36 Å². The molecule has 0 saturated carbocycles. The van der Waals surface area contributed by atoms with Crippen LogP contribution < -0.4 is 4.74 Å². The van der Waals surface area contributed by atoms with Gasteiger partial charge in [0.15, 0.2) is 0 Å². The summed E-state index contributed by atoms with van der Waals surface area (Å²) >= 11 is 5.60. The lowest BCUT2D eigenvalue weighted by atomic mass is 10.2. The second kappa shape index (κ2) is 5.09. The first kappa shape index (κ1) is 13.4. The van der Waals surface area contributed by atoms with Gasteiger partial charge < -0.3 is 9.84 Å². The van der Waals surface area contributed by atoms with Crippen molar-refractivity contribution in [3.8, 4) is 5.75 Å². The molecule has 1 N–H and O–H groups in total. The highest BCUT2D eigenvalue weighted by atomic mass is 35.5. The second-order valence-corrected chi connectivity index (χ2v) is 3.31. The highest BCUT2D eigenvalue weighted by molar-refractivity contribution is 6.50. The van der Waals surface area contributed by atoms with E-state index in [2.05, 4.69) is 4.74 Å². The van der Waals surface area contributed by atoms with Crippen LogP contribution in [0.2, 0.25) is 0 Å². The fourth-order valence-corrected chi connectivity index (χ4v) is 1.23. The number of carbonyl (C=O) groups is 1. The summed E-state index contributed by atoms with van der Waals surface area (Å²) in [5, 5.41) is 8.33. The Kier molecular flexibility index (Phi) is 4.01. The van der Waals surface area contributed by atoms with E-state index in [1.54, 1.807) is 0 Å². The Labute approximate surface area is 99.1 Å². The summed E-state index contributed by atoms with van der Waals surface area (Å²) in [6.07, 6.45) is -4.02. The van der Waals surface area contributed by atoms with E-state index in [9.17, 15) is 18.0 Å². The molecular weight excluding hydrogens is 261 g/mol. The van der Waals surface area contributed by atoms with Crippen LogP contribution in [0.1, 0.15) is 5.56 Å². The predicted molar refractivity (Wildman–Crippen MR) is 54.6 cm³/mol. The Bertz CT molecular complexity index is 437. The summed E-state index contributed by atoms with van der Waals surface area (Å²) in [7, 11) is 0. The lowest BCUT2D eigenvalue weighted by Gasteiger charge is -2.08. The van der Waals surface area contributed by atoms with Gasteiger partial charge in [-0.1, -0.05) is 11.6 Å². The molecule has 1 aromatic carbocycles. The van der Waals surface area contributed by atoms with Gasteiger partial charge in [-0.05, 0) is 29.8 Å². The molecule has 0 radical (unpaired) electrons. The van der Waals surface area contributed by atoms with Gasteiger partial charge in [-0.15, -0.1) is 13.2 Å². The van der Waals surface area contributed by atoms with Crippen LogP contribution >= 0.6 is 11.6 Å². The lowest BCUT2D eigenvalue weighted by molar-refractivity contribution is -0.274. The Morgan fingerprint density at radius 2 is 1.82 bits per heavy atom. The minimum Gasteiger partial charge on any atom is -0.478 e. The molecule has 1 aromatic rings. The molecule has 0 fully saturated rings. The molecule has 1 rings (SSSR count). The van der Waals surface area contributed by atoms with E-state index in [-0.39, 0.29) is 10.6 Å². The van der Waals surface area contributed by atoms with E-state index >= 15 is 0 Å². The third kappa shape index (κ3) is 4.78. The highest BCUT2D eigenvalue weighted by Gasteiger charge is 2.30. The Morgan fingerprint density at radius 3 is 2.24 bits per heavy atom. The standard InChI is InChI=1S/C10H6ClF3O3/c11-8(5-9(15)16)6-1-3-7(4-2-6)17-10(12,13)14/h1-5H,(H,15,16)/b8-5+. The van der Waals surface area contributed by atoms with Crippen molar-refractivity contribution in [1.82, 2.24) is 0 Å². The number of carboxylic acid groups (broad SMARTS) is 1. The molecule has 0 aliphatic rings. The number of benzene rings is 1. The van der Waals surface area contributed by atoms with E-state index in [1.807, 2.05) is 0 Å². The first-order chi connectivity index (χ1) is 7.78. The van der Waals surface area contributed by atoms with Gasteiger partial charge >= 0.3 is 12.3 Å². The summed E-state index contributed by atoms with van der Waals surface area (Å²) in [6.45, 7) is 0. The Hall–Kier alpha value is -1.69. The van der Waals surface area contributed by atoms with Crippen LogP contribution in [-0.2, 0) is 4.79 Å². The smallest absolute Gasteiger partial charge is 0.478 e. The van der Waals surface area contributed by atoms with E-state index in [0.29, 0.717) is 0 Å². The fourth-order valence-electron chi connectivity index (χ4n) is 1.01. The van der Waals surface area contributed by atoms with Crippen LogP contribution in [0.3, 0.4) is 0 Å². The monoisotopic (exact) mass is 266 g/mol. The number of carboxylic acids is 1. The molecule has 7 heteroatoms. The molecule has 0 bridgehead atoms. The molecule has 0 saturated heterocycles. The maximum absolute atomic E-state index is 11.8. The van der Waals surface area contributed by atoms with Gasteiger partial charge in [0.1, 0.15) is 5.75 Å². The third-order valence-corrected chi connectivity index (χ3v) is 1.94. The minimum atomic E-state index is -4.76. The predicted octanol–water partition coefficient (Wildman–Crippen LogP) is 3.25. The van der Waals surface area contributed by atoms with Crippen LogP contribution in [0.25, 0.3) is 5.03 Å². The maximum atomic E-state index is 11.8. The van der Waals surface area contributed by atoms with Gasteiger partial charge in [0.2, 0.25) is 0 Å². The SMILES string of the molecule is O=C(O)/C=C(/Cl)c1ccc(OC(F)(F)F)cc1. The van der Waals surface area contributed by atoms with Crippen molar-refractivity contribution >= 4 is 22.6 Å². The zero-order valence-corrected chi connectivity index (χ0v) is 8.92. The van der Waals surface area contributed by atoms with Gasteiger partial charge in [0.25, 0.3) is 0 Å². The average Bonchev–Trinajstić information content (AvgIpc) is 2.15. The van der Waals surface area contributed by atoms with Gasteiger partial charge in [-0.3, -0.25) is 0 Å². The molecule has 3 nitrogen and oxygen atoms in total. The summed E-state index contributed by atoms with van der Waals surface area (Å²) < 4.78 is 39.1. The summed E-state index contributed by atoms with van der Waals surface area (Å²) in [6, 6.07) is 4.54. The van der Waals surface area contributed by atoms with E-state index in [4.69, 9.17) is 16.7 Å². The average molecular weight is 267 g/mol. The van der Waals surface area contributed by atoms with Crippen LogP contribution in [0.15, 0.2) is 30.3 Å². The molecule has 0 spiro atoms. The summed E-state index contributed by atoms with van der Waals surface area (Å²) in [4.78, 5) is 10.3. The number of hydrogen-bond acceptors (Lipinski definition) is 2. The highest BCUT2D eigenvalue weighted by Crippen LogP contribution is 2.25. The van der Waals surface area contributed by atoms with Crippen molar-refractivity contribution in [2.75, 3.05) is 0 Å². The first-order valence-corrected chi connectivity index (χ1v) is 4.62. The number of rotatable bonds is 3. The number of ether oxygens (including phenoxy) is 1. The maximum Gasteiger partial charge on any atom is 0.573 e. The van der Waals surface area contributed by atoms with Gasteiger partial charge in [0.05, 0.1) is 5.03 Å². The molecule has 0 aliphatic carbocycles. The molecule has 0 amide bonds. The van der Waals surface area contributed by atoms with Crippen molar-refractivity contribution < 1.29 is 27.8 Å². The van der Waals surface area contributed by atoms with Gasteiger partial charge in [-0.25, -0.2) is 4.79 Å². The summed E-state index contributed by atoms with van der Waals surface area (Å²) in [5.41, 5.74) is 0.281. The van der Waals surface area contributed by atoms with Crippen molar-refractivity contribution in [2.24, 2.45) is 0 Å². The first-order valence-electron chi connectivity index (χ1n) is 4.24. The second-order valence-electron chi connectivity index (χ2n) is 2.90. The number of alkyl halides is 3. The molecule has 0 aliphatic heterocycles. The molecule has 0 heterocycles. The van der Waals surface area contributed by atoms with Crippen LogP contribution in [-0.4, -0.2) is 17.4 Å². The van der Waals surface area contributed by atoms with E-state index < -0.39 is 18.1 Å². The van der Waals surface area contributed by atoms with Crippen LogP contribution in [0.5, 0.6) is 5.75 Å². The molecule has 92 valence electrons. The van der Waals surface area contributed by atoms with E-state index in [0.717, 1.165) is 18.2 Å². The largest absolute Gasteiger partial charge is 0.573 e. The topological polar surface area (TPSA) is 46.5 Å². The third-order valence-electron chi connectivity index (χ3n) is 1.61. The molecule has 17 heavy (non-hydrogen) atoms. The van der Waals surface area contributed by atoms with Crippen molar-refractivity contribution in [3.63, 3.8) is 0 Å². The van der Waals surface area contributed by atoms with E-state index in [1.165, 1.54) is 12.1 Å². The molecular formula is C10H6ClF3O3.